The van der Waals surface area contributed by atoms with Gasteiger partial charge < -0.3 is 13.9 Å². The zero-order valence-corrected chi connectivity index (χ0v) is 18.3. The Morgan fingerprint density at radius 2 is 1.69 bits per heavy atom. The summed E-state index contributed by atoms with van der Waals surface area (Å²) in [7, 11) is 0. The van der Waals surface area contributed by atoms with Gasteiger partial charge in [0.05, 0.1) is 18.7 Å². The number of ether oxygens (including phenoxy) is 2. The summed E-state index contributed by atoms with van der Waals surface area (Å²) in [5.74, 6) is -3.32. The highest BCUT2D eigenvalue weighted by molar-refractivity contribution is 5.99. The molecule has 2 aromatic carbocycles. The fraction of sp³-hybridized carbons (Fsp3) is 0.160. The summed E-state index contributed by atoms with van der Waals surface area (Å²) in [6.45, 7) is -0.578. The number of rotatable bonds is 8. The molecule has 0 spiro atoms. The normalized spacial score (nSPS) is 14.9. The molecule has 2 heterocycles. The van der Waals surface area contributed by atoms with Crippen LogP contribution in [0, 0.1) is 5.92 Å². The number of hydrazine groups is 1. The van der Waals surface area contributed by atoms with Gasteiger partial charge in [0, 0.05) is 17.5 Å². The molecule has 35 heavy (non-hydrogen) atoms. The van der Waals surface area contributed by atoms with E-state index in [0.29, 0.717) is 5.56 Å². The van der Waals surface area contributed by atoms with Crippen LogP contribution >= 0.6 is 0 Å². The number of furan rings is 1. The van der Waals surface area contributed by atoms with Gasteiger partial charge in [0.25, 0.3) is 5.91 Å². The van der Waals surface area contributed by atoms with Gasteiger partial charge in [-0.3, -0.25) is 29.6 Å². The van der Waals surface area contributed by atoms with Crippen LogP contribution in [0.1, 0.15) is 37.7 Å². The fourth-order valence-electron chi connectivity index (χ4n) is 3.35. The molecule has 1 fully saturated rings. The van der Waals surface area contributed by atoms with Crippen LogP contribution in [-0.4, -0.2) is 47.7 Å². The molecule has 0 aliphatic carbocycles. The first-order valence-electron chi connectivity index (χ1n) is 10.6. The third-order valence-electron chi connectivity index (χ3n) is 5.19. The maximum atomic E-state index is 12.4. The molecular weight excluding hydrogens is 456 g/mol. The number of Topliss-reactive ketones (excluding diaryl/α,β-unsaturated/α-hetero) is 1. The van der Waals surface area contributed by atoms with Crippen molar-refractivity contribution in [1.29, 1.82) is 0 Å². The van der Waals surface area contributed by atoms with Gasteiger partial charge in [-0.15, -0.1) is 0 Å². The highest BCUT2D eigenvalue weighted by atomic mass is 16.5. The number of nitrogens with one attached hydrogen (secondary N) is 1. The molecule has 1 N–H and O–H groups in total. The van der Waals surface area contributed by atoms with Crippen molar-refractivity contribution >= 4 is 29.5 Å². The second-order valence-corrected chi connectivity index (χ2v) is 7.63. The minimum atomic E-state index is -0.810. The first kappa shape index (κ1) is 23.4. The standard InChI is InChI=1S/C25H20N2O8/c28-20(16-8-10-19(11-9-16)35-25(32)21-7-4-12-33-21)15-34-24(31)18-13-22(29)27(14-18)26-23(30)17-5-2-1-3-6-17/h1-12,18H,13-15H2,(H,26,30)/t18-/m1/s1. The lowest BCUT2D eigenvalue weighted by molar-refractivity contribution is -0.147. The molecule has 0 saturated carbocycles. The Bertz CT molecular complexity index is 1240. The van der Waals surface area contributed by atoms with Crippen LogP contribution in [0.2, 0.25) is 0 Å². The van der Waals surface area contributed by atoms with Gasteiger partial charge in [-0.05, 0) is 48.5 Å². The van der Waals surface area contributed by atoms with Crippen LogP contribution in [0.5, 0.6) is 5.75 Å². The third-order valence-corrected chi connectivity index (χ3v) is 5.19. The molecule has 1 aromatic heterocycles. The minimum absolute atomic E-state index is 0.0423. The van der Waals surface area contributed by atoms with Crippen molar-refractivity contribution in [3.05, 3.63) is 89.9 Å². The van der Waals surface area contributed by atoms with Crippen LogP contribution in [0.25, 0.3) is 0 Å². The summed E-state index contributed by atoms with van der Waals surface area (Å²) >= 11 is 0. The van der Waals surface area contributed by atoms with Crippen molar-refractivity contribution in [2.75, 3.05) is 13.2 Å². The van der Waals surface area contributed by atoms with Crippen molar-refractivity contribution in [1.82, 2.24) is 10.4 Å². The topological polar surface area (TPSA) is 132 Å². The maximum Gasteiger partial charge on any atom is 0.379 e. The van der Waals surface area contributed by atoms with E-state index in [-0.39, 0.29) is 30.0 Å². The monoisotopic (exact) mass is 476 g/mol. The van der Waals surface area contributed by atoms with Crippen LogP contribution in [0.15, 0.2) is 77.4 Å². The summed E-state index contributed by atoms with van der Waals surface area (Å²) in [5.41, 5.74) is 3.10. The Kier molecular flexibility index (Phi) is 7.01. The average Bonchev–Trinajstić information content (AvgIpc) is 3.54. The van der Waals surface area contributed by atoms with E-state index in [1.807, 2.05) is 0 Å². The third kappa shape index (κ3) is 5.80. The molecule has 0 bridgehead atoms. The molecule has 1 saturated heterocycles. The lowest BCUT2D eigenvalue weighted by Gasteiger charge is -2.17. The summed E-state index contributed by atoms with van der Waals surface area (Å²) in [6.07, 6.45) is 1.21. The number of ketones is 1. The van der Waals surface area contributed by atoms with Gasteiger partial charge in [0.2, 0.25) is 11.7 Å². The Balaban J connectivity index is 1.25. The zero-order chi connectivity index (χ0) is 24.8. The Labute approximate surface area is 199 Å². The van der Waals surface area contributed by atoms with E-state index in [9.17, 15) is 24.0 Å². The first-order valence-corrected chi connectivity index (χ1v) is 10.6. The van der Waals surface area contributed by atoms with Crippen molar-refractivity contribution in [3.63, 3.8) is 0 Å². The SMILES string of the molecule is O=C(COC(=O)[C@@H]1CC(=O)N(NC(=O)c2ccccc2)C1)c1ccc(OC(=O)c2ccco2)cc1. The predicted octanol–water partition coefficient (Wildman–Crippen LogP) is 2.42. The summed E-state index contributed by atoms with van der Waals surface area (Å²) in [6, 6.07) is 17.1. The van der Waals surface area contributed by atoms with Crippen LogP contribution in [-0.2, 0) is 14.3 Å². The molecule has 0 radical (unpaired) electrons. The number of esters is 2. The molecule has 0 unspecified atom stereocenters. The highest BCUT2D eigenvalue weighted by Gasteiger charge is 2.36. The lowest BCUT2D eigenvalue weighted by Crippen LogP contribution is -2.43. The second kappa shape index (κ2) is 10.5. The highest BCUT2D eigenvalue weighted by Crippen LogP contribution is 2.19. The number of benzene rings is 2. The summed E-state index contributed by atoms with van der Waals surface area (Å²) < 4.78 is 15.2. The number of nitrogens with zero attached hydrogens (tertiary/aromatic N) is 1. The molecule has 178 valence electrons. The number of carbonyl (C=O) groups is 5. The zero-order valence-electron chi connectivity index (χ0n) is 18.3. The van der Waals surface area contributed by atoms with E-state index in [1.54, 1.807) is 36.4 Å². The second-order valence-electron chi connectivity index (χ2n) is 7.63. The first-order chi connectivity index (χ1) is 16.9. The molecule has 1 atom stereocenters. The van der Waals surface area contributed by atoms with Crippen LogP contribution in [0.3, 0.4) is 0 Å². The van der Waals surface area contributed by atoms with Gasteiger partial charge in [0.15, 0.2) is 12.4 Å². The van der Waals surface area contributed by atoms with Gasteiger partial charge in [-0.2, -0.15) is 0 Å². The van der Waals surface area contributed by atoms with Crippen molar-refractivity contribution < 1.29 is 37.9 Å². The van der Waals surface area contributed by atoms with Crippen LogP contribution in [0.4, 0.5) is 0 Å². The van der Waals surface area contributed by atoms with E-state index >= 15 is 0 Å². The number of carbonyl (C=O) groups excluding carboxylic acids is 5. The molecule has 1 aliphatic heterocycles. The van der Waals surface area contributed by atoms with Crippen LogP contribution < -0.4 is 10.2 Å². The van der Waals surface area contributed by atoms with Crippen molar-refractivity contribution in [2.45, 2.75) is 6.42 Å². The van der Waals surface area contributed by atoms with E-state index in [4.69, 9.17) is 13.9 Å². The van der Waals surface area contributed by atoms with Crippen molar-refractivity contribution in [2.24, 2.45) is 5.92 Å². The average molecular weight is 476 g/mol. The molecule has 4 rings (SSSR count). The summed E-state index contributed by atoms with van der Waals surface area (Å²) in [4.78, 5) is 61.1. The molecular formula is C25H20N2O8. The smallest absolute Gasteiger partial charge is 0.379 e. The molecule has 2 amide bonds. The molecule has 3 aromatic rings. The van der Waals surface area contributed by atoms with E-state index in [0.717, 1.165) is 5.01 Å². The Morgan fingerprint density at radius 3 is 2.37 bits per heavy atom. The van der Waals surface area contributed by atoms with E-state index in [2.05, 4.69) is 5.43 Å². The van der Waals surface area contributed by atoms with Crippen molar-refractivity contribution in [3.8, 4) is 5.75 Å². The molecule has 10 nitrogen and oxygen atoms in total. The number of amides is 2. The minimum Gasteiger partial charge on any atom is -0.457 e. The maximum absolute atomic E-state index is 12.4. The van der Waals surface area contributed by atoms with Gasteiger partial charge >= 0.3 is 11.9 Å². The predicted molar refractivity (Wildman–Crippen MR) is 119 cm³/mol. The van der Waals surface area contributed by atoms with Gasteiger partial charge in [0.1, 0.15) is 5.75 Å². The number of hydrogen-bond donors (Lipinski definition) is 1. The van der Waals surface area contributed by atoms with Gasteiger partial charge in [-0.25, -0.2) is 4.79 Å². The summed E-state index contributed by atoms with van der Waals surface area (Å²) in [5, 5.41) is 1.08. The number of hydrogen-bond acceptors (Lipinski definition) is 8. The fourth-order valence-corrected chi connectivity index (χ4v) is 3.35. The van der Waals surface area contributed by atoms with E-state index in [1.165, 1.54) is 36.6 Å². The largest absolute Gasteiger partial charge is 0.457 e. The molecule has 10 heteroatoms. The Morgan fingerprint density at radius 1 is 0.943 bits per heavy atom. The Hall–Kier alpha value is -4.73. The quantitative estimate of drug-likeness (QED) is 0.298. The van der Waals surface area contributed by atoms with E-state index < -0.39 is 42.1 Å². The van der Waals surface area contributed by atoms with Gasteiger partial charge in [-0.1, -0.05) is 18.2 Å². The lowest BCUT2D eigenvalue weighted by atomic mass is 10.1. The molecule has 1 aliphatic rings.